The highest BCUT2D eigenvalue weighted by Crippen LogP contribution is 2.21. The Kier molecular flexibility index (Phi) is 5.52. The molecule has 0 saturated heterocycles. The molecule has 6 nitrogen and oxygen atoms in total. The predicted octanol–water partition coefficient (Wildman–Crippen LogP) is 4.33. The highest BCUT2D eigenvalue weighted by atomic mass is 35.5. The van der Waals surface area contributed by atoms with Crippen molar-refractivity contribution in [3.05, 3.63) is 71.3 Å². The molecule has 0 fully saturated rings. The number of rotatable bonds is 5. The summed E-state index contributed by atoms with van der Waals surface area (Å²) < 4.78 is 13.2. The number of nitrogens with one attached hydrogen (secondary N) is 2. The SMILES string of the molecule is CN(C)c1ccc(NC(=O)c2ccnc(Nc3ccc(F)c(Cl)c3)n2)cc1. The normalized spacial score (nSPS) is 10.4. The number of hydrogen-bond donors (Lipinski definition) is 2. The van der Waals surface area contributed by atoms with E-state index in [-0.39, 0.29) is 22.6 Å². The first-order chi connectivity index (χ1) is 12.9. The first-order valence-corrected chi connectivity index (χ1v) is 8.44. The highest BCUT2D eigenvalue weighted by molar-refractivity contribution is 6.31. The Morgan fingerprint density at radius 2 is 1.78 bits per heavy atom. The van der Waals surface area contributed by atoms with Crippen LogP contribution in [0.25, 0.3) is 0 Å². The Labute approximate surface area is 161 Å². The Morgan fingerprint density at radius 1 is 1.07 bits per heavy atom. The van der Waals surface area contributed by atoms with Crippen molar-refractivity contribution >= 4 is 40.5 Å². The third-order valence-electron chi connectivity index (χ3n) is 3.71. The summed E-state index contributed by atoms with van der Waals surface area (Å²) in [6.45, 7) is 0. The molecular formula is C19H17ClFN5O. The van der Waals surface area contributed by atoms with Crippen LogP contribution in [-0.2, 0) is 0 Å². The monoisotopic (exact) mass is 385 g/mol. The fourth-order valence-corrected chi connectivity index (χ4v) is 2.47. The zero-order chi connectivity index (χ0) is 19.4. The van der Waals surface area contributed by atoms with E-state index in [1.54, 1.807) is 0 Å². The molecule has 1 heterocycles. The number of benzene rings is 2. The van der Waals surface area contributed by atoms with Crippen molar-refractivity contribution in [3.8, 4) is 0 Å². The second kappa shape index (κ2) is 8.01. The molecule has 0 unspecified atom stereocenters. The fraction of sp³-hybridized carbons (Fsp3) is 0.105. The quantitative estimate of drug-likeness (QED) is 0.684. The van der Waals surface area contributed by atoms with Crippen molar-refractivity contribution < 1.29 is 9.18 Å². The number of carbonyl (C=O) groups is 1. The highest BCUT2D eigenvalue weighted by Gasteiger charge is 2.10. The molecule has 8 heteroatoms. The summed E-state index contributed by atoms with van der Waals surface area (Å²) in [6.07, 6.45) is 1.46. The van der Waals surface area contributed by atoms with Gasteiger partial charge in [0, 0.05) is 37.4 Å². The second-order valence-electron chi connectivity index (χ2n) is 5.91. The molecule has 0 aliphatic heterocycles. The van der Waals surface area contributed by atoms with Crippen LogP contribution in [0.15, 0.2) is 54.7 Å². The molecule has 0 bridgehead atoms. The van der Waals surface area contributed by atoms with Gasteiger partial charge >= 0.3 is 0 Å². The molecule has 1 aromatic heterocycles. The summed E-state index contributed by atoms with van der Waals surface area (Å²) in [7, 11) is 3.88. The topological polar surface area (TPSA) is 70.2 Å². The van der Waals surface area contributed by atoms with Crippen molar-refractivity contribution in [1.82, 2.24) is 9.97 Å². The van der Waals surface area contributed by atoms with Gasteiger partial charge in [-0.3, -0.25) is 4.79 Å². The van der Waals surface area contributed by atoms with Crippen molar-refractivity contribution in [2.24, 2.45) is 0 Å². The number of halogens is 2. The van der Waals surface area contributed by atoms with Crippen molar-refractivity contribution in [2.75, 3.05) is 29.6 Å². The molecule has 0 aliphatic rings. The minimum atomic E-state index is -0.517. The van der Waals surface area contributed by atoms with Crippen molar-refractivity contribution in [2.45, 2.75) is 0 Å². The van der Waals surface area contributed by atoms with Crippen LogP contribution in [-0.4, -0.2) is 30.0 Å². The van der Waals surface area contributed by atoms with Gasteiger partial charge in [0.2, 0.25) is 5.95 Å². The van der Waals surface area contributed by atoms with Gasteiger partial charge in [0.1, 0.15) is 11.5 Å². The number of nitrogens with zero attached hydrogens (tertiary/aromatic N) is 3. The smallest absolute Gasteiger partial charge is 0.274 e. The van der Waals surface area contributed by atoms with Gasteiger partial charge < -0.3 is 15.5 Å². The van der Waals surface area contributed by atoms with Crippen LogP contribution in [0.5, 0.6) is 0 Å². The van der Waals surface area contributed by atoms with E-state index in [9.17, 15) is 9.18 Å². The lowest BCUT2D eigenvalue weighted by Crippen LogP contribution is -2.15. The molecule has 1 amide bonds. The van der Waals surface area contributed by atoms with Gasteiger partial charge in [0.05, 0.1) is 5.02 Å². The summed E-state index contributed by atoms with van der Waals surface area (Å²) in [5.41, 5.74) is 2.39. The van der Waals surface area contributed by atoms with Crippen LogP contribution in [0.4, 0.5) is 27.4 Å². The summed E-state index contributed by atoms with van der Waals surface area (Å²) in [4.78, 5) is 22.6. The van der Waals surface area contributed by atoms with E-state index < -0.39 is 5.82 Å². The number of aromatic nitrogens is 2. The number of anilines is 4. The van der Waals surface area contributed by atoms with Crippen molar-refractivity contribution in [1.29, 1.82) is 0 Å². The first kappa shape index (κ1) is 18.6. The lowest BCUT2D eigenvalue weighted by atomic mass is 10.2. The first-order valence-electron chi connectivity index (χ1n) is 8.06. The average Bonchev–Trinajstić information content (AvgIpc) is 2.65. The van der Waals surface area contributed by atoms with E-state index in [2.05, 4.69) is 20.6 Å². The second-order valence-corrected chi connectivity index (χ2v) is 6.32. The average molecular weight is 386 g/mol. The molecule has 2 aromatic carbocycles. The van der Waals surface area contributed by atoms with E-state index in [1.165, 1.54) is 30.5 Å². The minimum Gasteiger partial charge on any atom is -0.378 e. The lowest BCUT2D eigenvalue weighted by Gasteiger charge is -2.13. The molecule has 138 valence electrons. The van der Waals surface area contributed by atoms with Crippen LogP contribution in [0.3, 0.4) is 0 Å². The van der Waals surface area contributed by atoms with Gasteiger partial charge in [0.25, 0.3) is 5.91 Å². The number of amides is 1. The van der Waals surface area contributed by atoms with Crippen molar-refractivity contribution in [3.63, 3.8) is 0 Å². The van der Waals surface area contributed by atoms with Crippen LogP contribution in [0, 0.1) is 5.82 Å². The third kappa shape index (κ3) is 4.71. The van der Waals surface area contributed by atoms with E-state index in [1.807, 2.05) is 43.3 Å². The molecule has 2 N–H and O–H groups in total. The summed E-state index contributed by atoms with van der Waals surface area (Å²) >= 11 is 5.76. The molecule has 0 atom stereocenters. The third-order valence-corrected chi connectivity index (χ3v) is 4.00. The summed E-state index contributed by atoms with van der Waals surface area (Å²) in [5.74, 6) is -0.681. The predicted molar refractivity (Wildman–Crippen MR) is 105 cm³/mol. The van der Waals surface area contributed by atoms with Crippen LogP contribution < -0.4 is 15.5 Å². The van der Waals surface area contributed by atoms with Gasteiger partial charge in [-0.15, -0.1) is 0 Å². The number of carbonyl (C=O) groups excluding carboxylic acids is 1. The maximum atomic E-state index is 13.2. The molecule has 27 heavy (non-hydrogen) atoms. The van der Waals surface area contributed by atoms with Crippen LogP contribution in [0.1, 0.15) is 10.5 Å². The molecule has 0 radical (unpaired) electrons. The van der Waals surface area contributed by atoms with Crippen LogP contribution >= 0.6 is 11.6 Å². The van der Waals surface area contributed by atoms with Gasteiger partial charge in [-0.1, -0.05) is 11.6 Å². The van der Waals surface area contributed by atoms with Crippen LogP contribution in [0.2, 0.25) is 5.02 Å². The molecule has 3 rings (SSSR count). The summed E-state index contributed by atoms with van der Waals surface area (Å²) in [5, 5.41) is 5.66. The van der Waals surface area contributed by atoms with E-state index in [0.29, 0.717) is 11.4 Å². The molecule has 0 saturated carbocycles. The molecular weight excluding hydrogens is 369 g/mol. The Balaban J connectivity index is 1.72. The lowest BCUT2D eigenvalue weighted by molar-refractivity contribution is 0.102. The fourth-order valence-electron chi connectivity index (χ4n) is 2.29. The Bertz CT molecular complexity index is 963. The van der Waals surface area contributed by atoms with E-state index in [0.717, 1.165) is 5.69 Å². The Morgan fingerprint density at radius 3 is 2.44 bits per heavy atom. The largest absolute Gasteiger partial charge is 0.378 e. The van der Waals surface area contributed by atoms with Gasteiger partial charge in [-0.05, 0) is 48.5 Å². The van der Waals surface area contributed by atoms with Gasteiger partial charge in [-0.2, -0.15) is 0 Å². The maximum Gasteiger partial charge on any atom is 0.274 e. The summed E-state index contributed by atoms with van der Waals surface area (Å²) in [6, 6.07) is 13.1. The number of hydrogen-bond acceptors (Lipinski definition) is 5. The van der Waals surface area contributed by atoms with Gasteiger partial charge in [0.15, 0.2) is 0 Å². The molecule has 0 spiro atoms. The zero-order valence-corrected chi connectivity index (χ0v) is 15.5. The Hall–Kier alpha value is -3.19. The van der Waals surface area contributed by atoms with Gasteiger partial charge in [-0.25, -0.2) is 14.4 Å². The maximum absolute atomic E-state index is 13.2. The molecule has 0 aliphatic carbocycles. The van der Waals surface area contributed by atoms with E-state index >= 15 is 0 Å². The van der Waals surface area contributed by atoms with E-state index in [4.69, 9.17) is 11.6 Å². The standard InChI is InChI=1S/C19H17ClFN5O/c1-26(2)14-6-3-12(4-7-14)23-18(27)17-9-10-22-19(25-17)24-13-5-8-16(21)15(20)11-13/h3-11H,1-2H3,(H,23,27)(H,22,24,25). The molecule has 3 aromatic rings. The zero-order valence-electron chi connectivity index (χ0n) is 14.7. The minimum absolute atomic E-state index is 0.0185.